The first-order valence-electron chi connectivity index (χ1n) is 8.13. The van der Waals surface area contributed by atoms with Gasteiger partial charge in [-0.3, -0.25) is 0 Å². The van der Waals surface area contributed by atoms with Gasteiger partial charge in [0, 0.05) is 12.7 Å². The molecule has 2 aromatic carbocycles. The highest BCUT2D eigenvalue weighted by atomic mass is 32.1. The number of nitrogens with one attached hydrogen (secondary N) is 1. The Labute approximate surface area is 150 Å². The smallest absolute Gasteiger partial charge is 0.348 e. The number of fused-ring (bicyclic) bond motifs is 1. The summed E-state index contributed by atoms with van der Waals surface area (Å²) >= 11 is 1.52. The maximum absolute atomic E-state index is 12.3. The third-order valence-corrected chi connectivity index (χ3v) is 4.93. The average Bonchev–Trinajstić information content (AvgIpc) is 2.85. The Kier molecular flexibility index (Phi) is 4.90. The van der Waals surface area contributed by atoms with Crippen molar-refractivity contribution < 1.29 is 9.53 Å². The molecule has 0 saturated carbocycles. The number of carbonyl (C=O) groups excluding carboxylic acids is 1. The number of hydrogen-bond donors (Lipinski definition) is 1. The zero-order valence-corrected chi connectivity index (χ0v) is 15.6. The quantitative estimate of drug-likeness (QED) is 0.757. The predicted octanol–water partition coefficient (Wildman–Crippen LogP) is 4.39. The summed E-state index contributed by atoms with van der Waals surface area (Å²) in [6.07, 6.45) is 0. The number of nitrogens with zero attached hydrogens (tertiary/aromatic N) is 2. The second kappa shape index (κ2) is 7.11. The van der Waals surface area contributed by atoms with E-state index in [2.05, 4.69) is 36.3 Å². The Bertz CT molecular complexity index is 984. The number of urea groups is 1. The molecule has 0 aliphatic carbocycles. The van der Waals surface area contributed by atoms with Crippen molar-refractivity contribution in [1.29, 1.82) is 0 Å². The molecule has 0 unspecified atom stereocenters. The van der Waals surface area contributed by atoms with Crippen LogP contribution in [0.25, 0.3) is 10.2 Å². The molecule has 6 heteroatoms. The molecule has 0 radical (unpaired) electrons. The van der Waals surface area contributed by atoms with Gasteiger partial charge in [-0.15, -0.1) is 0 Å². The first kappa shape index (κ1) is 17.2. The van der Waals surface area contributed by atoms with Gasteiger partial charge in [0.2, 0.25) is 0 Å². The number of anilines is 1. The van der Waals surface area contributed by atoms with Crippen LogP contribution in [0.1, 0.15) is 18.1 Å². The lowest BCUT2D eigenvalue weighted by molar-refractivity contribution is 0.259. The van der Waals surface area contributed by atoms with E-state index in [1.54, 1.807) is 12.1 Å². The summed E-state index contributed by atoms with van der Waals surface area (Å²) in [4.78, 5) is 17.2. The zero-order chi connectivity index (χ0) is 18.0. The molecule has 0 spiro atoms. The fraction of sp³-hybridized carbons (Fsp3) is 0.263. The molecule has 25 heavy (non-hydrogen) atoms. The predicted molar refractivity (Wildman–Crippen MR) is 102 cm³/mol. The third kappa shape index (κ3) is 3.74. The van der Waals surface area contributed by atoms with E-state index in [9.17, 15) is 4.79 Å². The molecule has 0 aliphatic rings. The number of amides is 2. The van der Waals surface area contributed by atoms with Gasteiger partial charge in [0.25, 0.3) is 0 Å². The van der Waals surface area contributed by atoms with E-state index in [0.717, 1.165) is 16.0 Å². The first-order valence-corrected chi connectivity index (χ1v) is 8.95. The lowest BCUT2D eigenvalue weighted by atomic mass is 10.1. The molecule has 0 atom stereocenters. The monoisotopic (exact) mass is 355 g/mol. The van der Waals surface area contributed by atoms with Gasteiger partial charge in [-0.1, -0.05) is 17.4 Å². The highest BCUT2D eigenvalue weighted by Crippen LogP contribution is 2.22. The molecule has 5 nitrogen and oxygen atoms in total. The van der Waals surface area contributed by atoms with Gasteiger partial charge in [0.15, 0.2) is 4.80 Å². The molecule has 0 fully saturated rings. The Balaban J connectivity index is 1.87. The highest BCUT2D eigenvalue weighted by Gasteiger charge is 2.08. The van der Waals surface area contributed by atoms with Crippen molar-refractivity contribution in [3.8, 4) is 5.75 Å². The molecule has 130 valence electrons. The van der Waals surface area contributed by atoms with Crippen LogP contribution in [-0.4, -0.2) is 17.2 Å². The highest BCUT2D eigenvalue weighted by molar-refractivity contribution is 7.16. The molecule has 1 N–H and O–H groups in total. The van der Waals surface area contributed by atoms with Crippen LogP contribution < -0.4 is 14.9 Å². The number of hydrogen-bond acceptors (Lipinski definition) is 3. The number of rotatable bonds is 3. The van der Waals surface area contributed by atoms with E-state index in [1.165, 1.54) is 22.5 Å². The van der Waals surface area contributed by atoms with Crippen LogP contribution in [0.3, 0.4) is 0 Å². The van der Waals surface area contributed by atoms with Gasteiger partial charge in [0.05, 0.1) is 16.8 Å². The number of aryl methyl sites for hydroxylation is 3. The lowest BCUT2D eigenvalue weighted by Crippen LogP contribution is -2.16. The van der Waals surface area contributed by atoms with Crippen molar-refractivity contribution in [3.63, 3.8) is 0 Å². The van der Waals surface area contributed by atoms with Crippen LogP contribution in [0.5, 0.6) is 5.75 Å². The Hall–Kier alpha value is -2.60. The first-order chi connectivity index (χ1) is 12.0. The average molecular weight is 355 g/mol. The second-order valence-electron chi connectivity index (χ2n) is 5.87. The summed E-state index contributed by atoms with van der Waals surface area (Å²) in [6.45, 7) is 6.69. The van der Waals surface area contributed by atoms with Gasteiger partial charge in [-0.05, 0) is 62.2 Å². The van der Waals surface area contributed by atoms with Crippen LogP contribution in [0.4, 0.5) is 10.5 Å². The Morgan fingerprint density at radius 2 is 1.96 bits per heavy atom. The van der Waals surface area contributed by atoms with E-state index in [1.807, 2.05) is 30.7 Å². The molecule has 1 aromatic heterocycles. The molecule has 0 saturated heterocycles. The second-order valence-corrected chi connectivity index (χ2v) is 6.88. The Morgan fingerprint density at radius 3 is 2.64 bits per heavy atom. The van der Waals surface area contributed by atoms with Gasteiger partial charge in [-0.25, -0.2) is 4.79 Å². The van der Waals surface area contributed by atoms with Crippen molar-refractivity contribution in [2.45, 2.75) is 20.8 Å². The third-order valence-electron chi connectivity index (χ3n) is 3.85. The molecular formula is C19H21N3O2S. The largest absolute Gasteiger partial charge is 0.494 e. The minimum atomic E-state index is -0.388. The number of carbonyl (C=O) groups is 1. The van der Waals surface area contributed by atoms with Gasteiger partial charge in [-0.2, -0.15) is 4.99 Å². The summed E-state index contributed by atoms with van der Waals surface area (Å²) in [5, 5.41) is 2.79. The van der Waals surface area contributed by atoms with Crippen molar-refractivity contribution in [1.82, 2.24) is 4.57 Å². The fourth-order valence-corrected chi connectivity index (χ4v) is 4.02. The molecule has 0 bridgehead atoms. The molecular weight excluding hydrogens is 334 g/mol. The minimum Gasteiger partial charge on any atom is -0.494 e. The summed E-state index contributed by atoms with van der Waals surface area (Å²) in [5.41, 5.74) is 4.19. The summed E-state index contributed by atoms with van der Waals surface area (Å²) < 4.78 is 8.49. The van der Waals surface area contributed by atoms with Crippen LogP contribution in [0.15, 0.2) is 41.4 Å². The molecule has 3 aromatic rings. The molecule has 1 heterocycles. The van der Waals surface area contributed by atoms with Crippen LogP contribution in [0.2, 0.25) is 0 Å². The van der Waals surface area contributed by atoms with Crippen molar-refractivity contribution >= 4 is 33.3 Å². The normalized spacial score (nSPS) is 11.8. The molecule has 0 aliphatic heterocycles. The number of thiazole rings is 1. The van der Waals surface area contributed by atoms with E-state index < -0.39 is 0 Å². The number of benzene rings is 2. The Morgan fingerprint density at radius 1 is 1.24 bits per heavy atom. The maximum atomic E-state index is 12.3. The summed E-state index contributed by atoms with van der Waals surface area (Å²) in [5.74, 6) is 0.777. The topological polar surface area (TPSA) is 55.6 Å². The summed E-state index contributed by atoms with van der Waals surface area (Å²) in [7, 11) is 1.93. The SMILES string of the molecule is CCOc1ccc(NC(=O)/N=c2/sc3cc(C)cc(C)c3n2C)cc1. The van der Waals surface area contributed by atoms with Gasteiger partial charge < -0.3 is 14.6 Å². The number of ether oxygens (including phenoxy) is 1. The lowest BCUT2D eigenvalue weighted by Gasteiger charge is -2.05. The van der Waals surface area contributed by atoms with Crippen LogP contribution in [0, 0.1) is 13.8 Å². The van der Waals surface area contributed by atoms with E-state index in [-0.39, 0.29) is 6.03 Å². The fourth-order valence-electron chi connectivity index (χ4n) is 2.83. The van der Waals surface area contributed by atoms with Gasteiger partial charge in [0.1, 0.15) is 5.75 Å². The van der Waals surface area contributed by atoms with Crippen molar-refractivity contribution in [3.05, 3.63) is 52.3 Å². The zero-order valence-electron chi connectivity index (χ0n) is 14.8. The molecule has 3 rings (SSSR count). The maximum Gasteiger partial charge on any atom is 0.348 e. The van der Waals surface area contributed by atoms with E-state index in [4.69, 9.17) is 4.74 Å². The summed E-state index contributed by atoms with van der Waals surface area (Å²) in [6, 6.07) is 11.1. The van der Waals surface area contributed by atoms with E-state index >= 15 is 0 Å². The van der Waals surface area contributed by atoms with E-state index in [0.29, 0.717) is 17.1 Å². The number of aromatic nitrogens is 1. The minimum absolute atomic E-state index is 0.388. The van der Waals surface area contributed by atoms with Crippen molar-refractivity contribution in [2.24, 2.45) is 12.0 Å². The van der Waals surface area contributed by atoms with Crippen LogP contribution >= 0.6 is 11.3 Å². The van der Waals surface area contributed by atoms with Crippen LogP contribution in [-0.2, 0) is 7.05 Å². The molecule has 2 amide bonds. The van der Waals surface area contributed by atoms with Crippen molar-refractivity contribution in [2.75, 3.05) is 11.9 Å². The standard InChI is InChI=1S/C19H21N3O2S/c1-5-24-15-8-6-14(7-9-15)20-18(23)21-19-22(4)17-13(3)10-12(2)11-16(17)25-19/h6-11H,5H2,1-4H3,(H,20,23)/b21-19+. The van der Waals surface area contributed by atoms with Gasteiger partial charge >= 0.3 is 6.03 Å².